The molecular weight excluding hydrogens is 387 g/mol. The minimum Gasteiger partial charge on any atom is -0.322 e. The van der Waals surface area contributed by atoms with Crippen LogP contribution in [0, 0.1) is 0 Å². The summed E-state index contributed by atoms with van der Waals surface area (Å²) in [4.78, 5) is 17.3. The second kappa shape index (κ2) is 7.85. The van der Waals surface area contributed by atoms with E-state index in [2.05, 4.69) is 10.2 Å². The maximum Gasteiger partial charge on any atom is 0.416 e. The maximum atomic E-state index is 12.7. The van der Waals surface area contributed by atoms with Gasteiger partial charge in [-0.05, 0) is 30.3 Å². The second-order valence-electron chi connectivity index (χ2n) is 5.98. The molecule has 1 aliphatic rings. The van der Waals surface area contributed by atoms with Crippen molar-refractivity contribution < 1.29 is 18.0 Å². The van der Waals surface area contributed by atoms with Crippen LogP contribution in [0.5, 0.6) is 0 Å². The van der Waals surface area contributed by atoms with Crippen LogP contribution in [0.2, 0.25) is 4.34 Å². The number of anilines is 1. The fraction of sp³-hybridized carbons (Fsp3) is 0.353. The zero-order valence-corrected chi connectivity index (χ0v) is 15.3. The molecule has 0 aliphatic carbocycles. The highest BCUT2D eigenvalue weighted by Gasteiger charge is 2.30. The van der Waals surface area contributed by atoms with Crippen molar-refractivity contribution in [2.45, 2.75) is 12.7 Å². The van der Waals surface area contributed by atoms with Crippen molar-refractivity contribution in [2.24, 2.45) is 0 Å². The number of rotatable bonds is 3. The van der Waals surface area contributed by atoms with Gasteiger partial charge in [0.1, 0.15) is 0 Å². The highest BCUT2D eigenvalue weighted by atomic mass is 35.5. The van der Waals surface area contributed by atoms with E-state index in [1.165, 1.54) is 23.5 Å². The Bertz CT molecular complexity index is 773. The lowest BCUT2D eigenvalue weighted by atomic mass is 10.2. The van der Waals surface area contributed by atoms with Gasteiger partial charge in [0, 0.05) is 43.3 Å². The molecule has 1 aromatic carbocycles. The summed E-state index contributed by atoms with van der Waals surface area (Å²) in [5.74, 6) is 0. The van der Waals surface area contributed by atoms with Gasteiger partial charge < -0.3 is 10.2 Å². The Balaban J connectivity index is 1.52. The lowest BCUT2D eigenvalue weighted by Gasteiger charge is -2.34. The molecule has 0 unspecified atom stereocenters. The SMILES string of the molecule is O=C(Nc1cccc(C(F)(F)F)c1)N1CCN(Cc2ccc(Cl)s2)CC1. The fourth-order valence-corrected chi connectivity index (χ4v) is 3.87. The van der Waals surface area contributed by atoms with E-state index in [4.69, 9.17) is 11.6 Å². The minimum atomic E-state index is -4.43. The summed E-state index contributed by atoms with van der Waals surface area (Å²) in [6, 6.07) is 8.11. The highest BCUT2D eigenvalue weighted by Crippen LogP contribution is 2.30. The molecule has 1 aromatic heterocycles. The van der Waals surface area contributed by atoms with Crippen molar-refractivity contribution in [3.63, 3.8) is 0 Å². The topological polar surface area (TPSA) is 35.6 Å². The zero-order valence-electron chi connectivity index (χ0n) is 13.7. The number of urea groups is 1. The number of nitrogens with zero attached hydrogens (tertiary/aromatic N) is 2. The van der Waals surface area contributed by atoms with E-state index in [1.54, 1.807) is 4.90 Å². The normalized spacial score (nSPS) is 15.9. The predicted molar refractivity (Wildman–Crippen MR) is 96.6 cm³/mol. The van der Waals surface area contributed by atoms with E-state index in [1.807, 2.05) is 12.1 Å². The first-order valence-corrected chi connectivity index (χ1v) is 9.20. The monoisotopic (exact) mass is 403 g/mol. The molecule has 0 saturated carbocycles. The molecule has 1 N–H and O–H groups in total. The minimum absolute atomic E-state index is 0.139. The number of carbonyl (C=O) groups excluding carboxylic acids is 1. The number of carbonyl (C=O) groups is 1. The third-order valence-electron chi connectivity index (χ3n) is 4.11. The second-order valence-corrected chi connectivity index (χ2v) is 7.78. The standard InChI is InChI=1S/C17H17ClF3N3OS/c18-15-5-4-14(26-15)11-23-6-8-24(9-7-23)16(25)22-13-3-1-2-12(10-13)17(19,20)21/h1-5,10H,6-9,11H2,(H,22,25). The summed E-state index contributed by atoms with van der Waals surface area (Å²) in [6.45, 7) is 3.21. The van der Waals surface area contributed by atoms with Gasteiger partial charge in [-0.3, -0.25) is 4.90 Å². The quantitative estimate of drug-likeness (QED) is 0.801. The molecule has 3 rings (SSSR count). The van der Waals surface area contributed by atoms with E-state index in [-0.39, 0.29) is 11.7 Å². The summed E-state index contributed by atoms with van der Waals surface area (Å²) in [5.41, 5.74) is -0.643. The summed E-state index contributed by atoms with van der Waals surface area (Å²) in [5, 5.41) is 2.55. The van der Waals surface area contributed by atoms with Crippen molar-refractivity contribution in [3.05, 3.63) is 51.2 Å². The first-order valence-electron chi connectivity index (χ1n) is 8.01. The number of hydrogen-bond donors (Lipinski definition) is 1. The lowest BCUT2D eigenvalue weighted by molar-refractivity contribution is -0.137. The van der Waals surface area contributed by atoms with Crippen molar-refractivity contribution in [1.82, 2.24) is 9.80 Å². The van der Waals surface area contributed by atoms with Gasteiger partial charge >= 0.3 is 12.2 Å². The maximum absolute atomic E-state index is 12.7. The number of alkyl halides is 3. The molecule has 1 saturated heterocycles. The van der Waals surface area contributed by atoms with Crippen LogP contribution in [0.4, 0.5) is 23.7 Å². The summed E-state index contributed by atoms with van der Waals surface area (Å²) < 4.78 is 39.0. The van der Waals surface area contributed by atoms with Gasteiger partial charge in [-0.15, -0.1) is 11.3 Å². The Morgan fingerprint density at radius 1 is 1.15 bits per heavy atom. The molecule has 0 bridgehead atoms. The van der Waals surface area contributed by atoms with Crippen LogP contribution in [0.15, 0.2) is 36.4 Å². The Kier molecular flexibility index (Phi) is 5.74. The molecule has 2 aromatic rings. The van der Waals surface area contributed by atoms with Gasteiger partial charge in [0.2, 0.25) is 0 Å². The van der Waals surface area contributed by atoms with Gasteiger partial charge in [0.05, 0.1) is 9.90 Å². The molecular formula is C17H17ClF3N3OS. The number of piperazine rings is 1. The largest absolute Gasteiger partial charge is 0.416 e. The first-order chi connectivity index (χ1) is 12.3. The molecule has 2 heterocycles. The number of amides is 2. The van der Waals surface area contributed by atoms with E-state index in [9.17, 15) is 18.0 Å². The smallest absolute Gasteiger partial charge is 0.322 e. The molecule has 26 heavy (non-hydrogen) atoms. The molecule has 2 amide bonds. The number of halogens is 4. The number of thiophene rings is 1. The average Bonchev–Trinajstić information content (AvgIpc) is 3.00. The third-order valence-corrected chi connectivity index (χ3v) is 5.32. The predicted octanol–water partition coefficient (Wildman–Crippen LogP) is 4.77. The fourth-order valence-electron chi connectivity index (χ4n) is 2.74. The Morgan fingerprint density at radius 3 is 2.50 bits per heavy atom. The molecule has 9 heteroatoms. The summed E-state index contributed by atoms with van der Waals surface area (Å²) in [7, 11) is 0. The van der Waals surface area contributed by atoms with E-state index in [0.29, 0.717) is 26.2 Å². The van der Waals surface area contributed by atoms with Gasteiger partial charge in [-0.25, -0.2) is 4.79 Å². The van der Waals surface area contributed by atoms with Crippen molar-refractivity contribution in [2.75, 3.05) is 31.5 Å². The Morgan fingerprint density at radius 2 is 1.88 bits per heavy atom. The van der Waals surface area contributed by atoms with Crippen molar-refractivity contribution in [1.29, 1.82) is 0 Å². The van der Waals surface area contributed by atoms with Crippen molar-refractivity contribution in [3.8, 4) is 0 Å². The van der Waals surface area contributed by atoms with Crippen LogP contribution in [-0.2, 0) is 12.7 Å². The molecule has 0 spiro atoms. The van der Waals surface area contributed by atoms with Crippen LogP contribution >= 0.6 is 22.9 Å². The summed E-state index contributed by atoms with van der Waals surface area (Å²) in [6.07, 6.45) is -4.43. The molecule has 0 atom stereocenters. The molecule has 1 fully saturated rings. The van der Waals surface area contributed by atoms with Gasteiger partial charge in [0.15, 0.2) is 0 Å². The third kappa shape index (κ3) is 4.90. The van der Waals surface area contributed by atoms with Crippen LogP contribution in [0.25, 0.3) is 0 Å². The molecule has 0 radical (unpaired) electrons. The first kappa shape index (κ1) is 19.0. The van der Waals surface area contributed by atoms with E-state index in [0.717, 1.165) is 27.9 Å². The van der Waals surface area contributed by atoms with E-state index >= 15 is 0 Å². The van der Waals surface area contributed by atoms with Crippen LogP contribution in [-0.4, -0.2) is 42.0 Å². The highest BCUT2D eigenvalue weighted by molar-refractivity contribution is 7.16. The molecule has 1 aliphatic heterocycles. The summed E-state index contributed by atoms with van der Waals surface area (Å²) >= 11 is 7.46. The molecule has 4 nitrogen and oxygen atoms in total. The van der Waals surface area contributed by atoms with Gasteiger partial charge in [-0.2, -0.15) is 13.2 Å². The lowest BCUT2D eigenvalue weighted by Crippen LogP contribution is -2.49. The van der Waals surface area contributed by atoms with Crippen LogP contribution in [0.3, 0.4) is 0 Å². The number of benzene rings is 1. The number of nitrogens with one attached hydrogen (secondary N) is 1. The Hall–Kier alpha value is -1.77. The molecule has 140 valence electrons. The van der Waals surface area contributed by atoms with Gasteiger partial charge in [-0.1, -0.05) is 17.7 Å². The van der Waals surface area contributed by atoms with Crippen LogP contribution < -0.4 is 5.32 Å². The zero-order chi connectivity index (χ0) is 18.7. The van der Waals surface area contributed by atoms with Crippen LogP contribution in [0.1, 0.15) is 10.4 Å². The van der Waals surface area contributed by atoms with Gasteiger partial charge in [0.25, 0.3) is 0 Å². The number of hydrogen-bond acceptors (Lipinski definition) is 3. The Labute approximate surface area is 158 Å². The average molecular weight is 404 g/mol. The van der Waals surface area contributed by atoms with E-state index < -0.39 is 11.7 Å². The van der Waals surface area contributed by atoms with Crippen molar-refractivity contribution >= 4 is 34.7 Å².